The number of hydrogen-bond donors (Lipinski definition) is 1. The quantitative estimate of drug-likeness (QED) is 0.805. The van der Waals surface area contributed by atoms with Gasteiger partial charge >= 0.3 is 0 Å². The molecule has 2 aromatic rings. The molecule has 0 fully saturated rings. The molecule has 0 atom stereocenters. The standard InChI is InChI=1S/C12H13N3O2.2ClH/c1-2-15-9-6-11-10(16-3-4-17-11)5-8(9)14-12(15)7-13-1;;/h5-6,13H,1-4,7H2;2*1H. The van der Waals surface area contributed by atoms with Crippen molar-refractivity contribution >= 4 is 35.8 Å². The molecule has 5 nitrogen and oxygen atoms in total. The van der Waals surface area contributed by atoms with Crippen LogP contribution in [0.1, 0.15) is 5.82 Å². The molecule has 0 saturated carbocycles. The number of nitrogens with one attached hydrogen (secondary N) is 1. The van der Waals surface area contributed by atoms with Crippen LogP contribution in [0.2, 0.25) is 0 Å². The van der Waals surface area contributed by atoms with Gasteiger partial charge in [-0.05, 0) is 0 Å². The maximum Gasteiger partial charge on any atom is 0.163 e. The molecule has 3 heterocycles. The van der Waals surface area contributed by atoms with Crippen LogP contribution in [0.3, 0.4) is 0 Å². The lowest BCUT2D eigenvalue weighted by molar-refractivity contribution is 0.172. The lowest BCUT2D eigenvalue weighted by atomic mass is 10.2. The molecule has 0 unspecified atom stereocenters. The fraction of sp³-hybridized carbons (Fsp3) is 0.417. The van der Waals surface area contributed by atoms with Gasteiger partial charge in [0.15, 0.2) is 11.5 Å². The Hall–Kier alpha value is -1.17. The van der Waals surface area contributed by atoms with Crippen molar-refractivity contribution in [2.45, 2.75) is 13.1 Å². The third-order valence-corrected chi connectivity index (χ3v) is 3.29. The lowest BCUT2D eigenvalue weighted by Crippen LogP contribution is -2.28. The summed E-state index contributed by atoms with van der Waals surface area (Å²) in [4.78, 5) is 4.63. The van der Waals surface area contributed by atoms with Gasteiger partial charge in [0, 0.05) is 25.2 Å². The first-order chi connectivity index (χ1) is 8.42. The first-order valence-electron chi connectivity index (χ1n) is 5.91. The van der Waals surface area contributed by atoms with Crippen molar-refractivity contribution in [1.29, 1.82) is 0 Å². The monoisotopic (exact) mass is 303 g/mol. The Labute approximate surface area is 123 Å². The lowest BCUT2D eigenvalue weighted by Gasteiger charge is -2.19. The van der Waals surface area contributed by atoms with E-state index >= 15 is 0 Å². The van der Waals surface area contributed by atoms with Gasteiger partial charge in [0.2, 0.25) is 0 Å². The van der Waals surface area contributed by atoms with Crippen LogP contribution < -0.4 is 14.8 Å². The summed E-state index contributed by atoms with van der Waals surface area (Å²) in [6.45, 7) is 4.04. The predicted octanol–water partition coefficient (Wildman–Crippen LogP) is 1.75. The van der Waals surface area contributed by atoms with Crippen LogP contribution in [-0.2, 0) is 13.1 Å². The van der Waals surface area contributed by atoms with Gasteiger partial charge < -0.3 is 19.4 Å². The second-order valence-electron chi connectivity index (χ2n) is 4.34. The highest BCUT2D eigenvalue weighted by Crippen LogP contribution is 2.34. The number of hydrogen-bond acceptors (Lipinski definition) is 4. The zero-order valence-electron chi connectivity index (χ0n) is 10.2. The molecule has 1 N–H and O–H groups in total. The number of halogens is 2. The molecular weight excluding hydrogens is 289 g/mol. The first kappa shape index (κ1) is 14.2. The number of fused-ring (bicyclic) bond motifs is 4. The van der Waals surface area contributed by atoms with Crippen LogP contribution in [0.4, 0.5) is 0 Å². The average molecular weight is 304 g/mol. The molecular formula is C12H15Cl2N3O2. The number of benzene rings is 1. The fourth-order valence-corrected chi connectivity index (χ4v) is 2.49. The van der Waals surface area contributed by atoms with Crippen molar-refractivity contribution < 1.29 is 9.47 Å². The van der Waals surface area contributed by atoms with Gasteiger partial charge in [-0.1, -0.05) is 0 Å². The minimum absolute atomic E-state index is 0. The van der Waals surface area contributed by atoms with Gasteiger partial charge in [-0.25, -0.2) is 4.98 Å². The zero-order chi connectivity index (χ0) is 11.2. The molecule has 4 rings (SSSR count). The Balaban J connectivity index is 0.000000667. The predicted molar refractivity (Wildman–Crippen MR) is 76.9 cm³/mol. The van der Waals surface area contributed by atoms with Crippen LogP contribution in [0.5, 0.6) is 11.5 Å². The van der Waals surface area contributed by atoms with Crippen LogP contribution in [0.25, 0.3) is 11.0 Å². The third-order valence-electron chi connectivity index (χ3n) is 3.29. The molecule has 2 aliphatic rings. The van der Waals surface area contributed by atoms with Crippen molar-refractivity contribution in [2.24, 2.45) is 0 Å². The largest absolute Gasteiger partial charge is 0.486 e. The van der Waals surface area contributed by atoms with Crippen molar-refractivity contribution in [2.75, 3.05) is 19.8 Å². The molecule has 0 bridgehead atoms. The number of rotatable bonds is 0. The Morgan fingerprint density at radius 2 is 1.84 bits per heavy atom. The van der Waals surface area contributed by atoms with Crippen molar-refractivity contribution in [3.05, 3.63) is 18.0 Å². The summed E-state index contributed by atoms with van der Waals surface area (Å²) in [5, 5.41) is 3.33. The van der Waals surface area contributed by atoms with Gasteiger partial charge in [-0.3, -0.25) is 0 Å². The number of ether oxygens (including phenoxy) is 2. The fourth-order valence-electron chi connectivity index (χ4n) is 2.49. The van der Waals surface area contributed by atoms with E-state index in [0.717, 1.165) is 48.0 Å². The highest BCUT2D eigenvalue weighted by atomic mass is 35.5. The normalized spacial score (nSPS) is 16.2. The van der Waals surface area contributed by atoms with Gasteiger partial charge in [-0.15, -0.1) is 24.8 Å². The molecule has 1 aromatic carbocycles. The number of aromatic nitrogens is 2. The van der Waals surface area contributed by atoms with Crippen LogP contribution in [-0.4, -0.2) is 29.3 Å². The van der Waals surface area contributed by atoms with E-state index in [2.05, 4.69) is 14.9 Å². The van der Waals surface area contributed by atoms with Crippen molar-refractivity contribution in [3.8, 4) is 11.5 Å². The summed E-state index contributed by atoms with van der Waals surface area (Å²) >= 11 is 0. The minimum atomic E-state index is 0. The van der Waals surface area contributed by atoms with E-state index in [4.69, 9.17) is 9.47 Å². The third kappa shape index (κ3) is 2.22. The molecule has 1 aromatic heterocycles. The first-order valence-corrected chi connectivity index (χ1v) is 5.91. The van der Waals surface area contributed by atoms with E-state index < -0.39 is 0 Å². The SMILES string of the molecule is Cl.Cl.c1c2c(cc3c1nc1n3CCNC1)OCCO2. The Kier molecular flexibility index (Phi) is 4.08. The molecule has 0 aliphatic carbocycles. The molecule has 0 radical (unpaired) electrons. The van der Waals surface area contributed by atoms with E-state index in [1.807, 2.05) is 12.1 Å². The maximum absolute atomic E-state index is 5.61. The molecule has 104 valence electrons. The van der Waals surface area contributed by atoms with E-state index in [1.165, 1.54) is 0 Å². The molecule has 0 saturated heterocycles. The van der Waals surface area contributed by atoms with Gasteiger partial charge in [0.1, 0.15) is 19.0 Å². The molecule has 0 amide bonds. The average Bonchev–Trinajstić information content (AvgIpc) is 2.73. The molecule has 2 aliphatic heterocycles. The molecule has 7 heteroatoms. The van der Waals surface area contributed by atoms with Gasteiger partial charge in [0.05, 0.1) is 17.6 Å². The second-order valence-corrected chi connectivity index (χ2v) is 4.34. The Morgan fingerprint density at radius 1 is 1.11 bits per heavy atom. The van der Waals surface area contributed by atoms with Crippen molar-refractivity contribution in [1.82, 2.24) is 14.9 Å². The topological polar surface area (TPSA) is 48.3 Å². The minimum Gasteiger partial charge on any atom is -0.486 e. The van der Waals surface area contributed by atoms with E-state index in [-0.39, 0.29) is 24.8 Å². The van der Waals surface area contributed by atoms with Crippen LogP contribution in [0.15, 0.2) is 12.1 Å². The highest BCUT2D eigenvalue weighted by Gasteiger charge is 2.19. The summed E-state index contributed by atoms with van der Waals surface area (Å²) in [5.74, 6) is 2.74. The maximum atomic E-state index is 5.61. The van der Waals surface area contributed by atoms with E-state index in [9.17, 15) is 0 Å². The van der Waals surface area contributed by atoms with Crippen LogP contribution >= 0.6 is 24.8 Å². The summed E-state index contributed by atoms with van der Waals surface area (Å²) in [6.07, 6.45) is 0. The number of nitrogens with zero attached hydrogens (tertiary/aromatic N) is 2. The Morgan fingerprint density at radius 3 is 2.63 bits per heavy atom. The zero-order valence-corrected chi connectivity index (χ0v) is 11.9. The van der Waals surface area contributed by atoms with E-state index in [0.29, 0.717) is 13.2 Å². The smallest absolute Gasteiger partial charge is 0.163 e. The Bertz CT molecular complexity index is 598. The molecule has 19 heavy (non-hydrogen) atoms. The van der Waals surface area contributed by atoms with Gasteiger partial charge in [0.25, 0.3) is 0 Å². The van der Waals surface area contributed by atoms with Gasteiger partial charge in [-0.2, -0.15) is 0 Å². The van der Waals surface area contributed by atoms with E-state index in [1.54, 1.807) is 0 Å². The second kappa shape index (κ2) is 5.45. The summed E-state index contributed by atoms with van der Waals surface area (Å²) in [6, 6.07) is 4.03. The highest BCUT2D eigenvalue weighted by molar-refractivity contribution is 5.85. The summed E-state index contributed by atoms with van der Waals surface area (Å²) in [5.41, 5.74) is 2.14. The summed E-state index contributed by atoms with van der Waals surface area (Å²) in [7, 11) is 0. The summed E-state index contributed by atoms with van der Waals surface area (Å²) < 4.78 is 13.4. The molecule has 0 spiro atoms. The van der Waals surface area contributed by atoms with Crippen molar-refractivity contribution in [3.63, 3.8) is 0 Å². The van der Waals surface area contributed by atoms with Crippen LogP contribution in [0, 0.1) is 0 Å². The number of imidazole rings is 1.